The number of anilines is 1. The summed E-state index contributed by atoms with van der Waals surface area (Å²) in [5.74, 6) is -1.33. The van der Waals surface area contributed by atoms with Crippen LogP contribution in [-0.2, 0) is 9.53 Å². The number of rotatable bonds is 6. The Morgan fingerprint density at radius 3 is 3.00 bits per heavy atom. The minimum Gasteiger partial charge on any atom is -0.476 e. The van der Waals surface area contributed by atoms with Crippen LogP contribution in [0.5, 0.6) is 0 Å². The highest BCUT2D eigenvalue weighted by molar-refractivity contribution is 5.95. The number of carbonyl (C=O) groups is 2. The molecule has 3 rings (SSSR count). The third kappa shape index (κ3) is 3.37. The van der Waals surface area contributed by atoms with Crippen molar-refractivity contribution in [3.8, 4) is 5.69 Å². The fourth-order valence-electron chi connectivity index (χ4n) is 2.29. The molecule has 1 heterocycles. The summed E-state index contributed by atoms with van der Waals surface area (Å²) in [5.41, 5.74) is 1.08. The molecule has 1 aliphatic carbocycles. The molecule has 1 saturated carbocycles. The van der Waals surface area contributed by atoms with Crippen molar-refractivity contribution in [1.82, 2.24) is 15.0 Å². The highest BCUT2D eigenvalue weighted by Crippen LogP contribution is 2.34. The first-order chi connectivity index (χ1) is 11.1. The lowest BCUT2D eigenvalue weighted by Crippen LogP contribution is -2.16. The molecule has 8 heteroatoms. The van der Waals surface area contributed by atoms with Gasteiger partial charge in [0.2, 0.25) is 5.91 Å². The number of hydrogen-bond acceptors (Lipinski definition) is 5. The lowest BCUT2D eigenvalue weighted by Gasteiger charge is -2.07. The second-order valence-electron chi connectivity index (χ2n) is 5.23. The maximum absolute atomic E-state index is 12.1. The van der Waals surface area contributed by atoms with Gasteiger partial charge in [-0.25, -0.2) is 9.48 Å². The van der Waals surface area contributed by atoms with E-state index in [-0.39, 0.29) is 23.6 Å². The van der Waals surface area contributed by atoms with Crippen molar-refractivity contribution in [2.45, 2.75) is 19.4 Å². The van der Waals surface area contributed by atoms with Gasteiger partial charge in [-0.3, -0.25) is 4.79 Å². The SMILES string of the molecule is CCOC1CC1C(=O)Nc1cccc(-n2cc(C(=O)O)nn2)c1. The predicted octanol–water partition coefficient (Wildman–Crippen LogP) is 1.33. The zero-order valence-electron chi connectivity index (χ0n) is 12.5. The van der Waals surface area contributed by atoms with Gasteiger partial charge in [0.15, 0.2) is 5.69 Å². The number of benzene rings is 1. The smallest absolute Gasteiger partial charge is 0.358 e. The maximum Gasteiger partial charge on any atom is 0.358 e. The van der Waals surface area contributed by atoms with E-state index in [2.05, 4.69) is 15.6 Å². The van der Waals surface area contributed by atoms with Crippen LogP contribution in [0.3, 0.4) is 0 Å². The highest BCUT2D eigenvalue weighted by Gasteiger charge is 2.43. The topological polar surface area (TPSA) is 106 Å². The lowest BCUT2D eigenvalue weighted by atomic mass is 10.2. The number of aromatic carboxylic acids is 1. The monoisotopic (exact) mass is 316 g/mol. The molecule has 23 heavy (non-hydrogen) atoms. The van der Waals surface area contributed by atoms with Crippen LogP contribution < -0.4 is 5.32 Å². The van der Waals surface area contributed by atoms with Crippen molar-refractivity contribution in [2.24, 2.45) is 5.92 Å². The van der Waals surface area contributed by atoms with E-state index in [9.17, 15) is 9.59 Å². The van der Waals surface area contributed by atoms with Gasteiger partial charge in [0.05, 0.1) is 23.9 Å². The summed E-state index contributed by atoms with van der Waals surface area (Å²) in [6.07, 6.45) is 2.07. The van der Waals surface area contributed by atoms with Crippen LogP contribution in [0, 0.1) is 5.92 Å². The molecule has 1 aliphatic rings. The standard InChI is InChI=1S/C15H16N4O4/c1-2-23-13-7-11(13)14(20)16-9-4-3-5-10(6-9)19-8-12(15(21)22)17-18-19/h3-6,8,11,13H,2,7H2,1H3,(H,16,20)(H,21,22). The Morgan fingerprint density at radius 1 is 1.48 bits per heavy atom. The van der Waals surface area contributed by atoms with Crippen LogP contribution in [0.4, 0.5) is 5.69 Å². The number of hydrogen-bond donors (Lipinski definition) is 2. The number of nitrogens with one attached hydrogen (secondary N) is 1. The van der Waals surface area contributed by atoms with Crippen molar-refractivity contribution in [3.05, 3.63) is 36.2 Å². The molecule has 2 unspecified atom stereocenters. The van der Waals surface area contributed by atoms with E-state index in [1.54, 1.807) is 24.3 Å². The fraction of sp³-hybridized carbons (Fsp3) is 0.333. The quantitative estimate of drug-likeness (QED) is 0.832. The van der Waals surface area contributed by atoms with E-state index in [0.29, 0.717) is 18.0 Å². The van der Waals surface area contributed by atoms with Crippen LogP contribution in [-0.4, -0.2) is 44.7 Å². The van der Waals surface area contributed by atoms with Crippen molar-refractivity contribution >= 4 is 17.6 Å². The first-order valence-electron chi connectivity index (χ1n) is 7.27. The molecule has 0 spiro atoms. The summed E-state index contributed by atoms with van der Waals surface area (Å²) in [6, 6.07) is 6.96. The minimum atomic E-state index is -1.14. The number of nitrogens with zero attached hydrogens (tertiary/aromatic N) is 3. The summed E-state index contributed by atoms with van der Waals surface area (Å²) < 4.78 is 6.75. The van der Waals surface area contributed by atoms with Gasteiger partial charge in [-0.2, -0.15) is 0 Å². The molecule has 0 bridgehead atoms. The summed E-state index contributed by atoms with van der Waals surface area (Å²) in [4.78, 5) is 22.9. The summed E-state index contributed by atoms with van der Waals surface area (Å²) >= 11 is 0. The van der Waals surface area contributed by atoms with Crippen LogP contribution in [0.15, 0.2) is 30.5 Å². The average Bonchev–Trinajstić information content (AvgIpc) is 3.11. The van der Waals surface area contributed by atoms with Crippen molar-refractivity contribution in [1.29, 1.82) is 0 Å². The zero-order chi connectivity index (χ0) is 16.4. The van der Waals surface area contributed by atoms with E-state index in [0.717, 1.165) is 6.42 Å². The molecule has 120 valence electrons. The van der Waals surface area contributed by atoms with E-state index in [1.165, 1.54) is 10.9 Å². The molecular weight excluding hydrogens is 300 g/mol. The Bertz CT molecular complexity index is 743. The second-order valence-corrected chi connectivity index (χ2v) is 5.23. The first kappa shape index (κ1) is 15.2. The van der Waals surface area contributed by atoms with Gasteiger partial charge in [0.1, 0.15) is 0 Å². The molecular formula is C15H16N4O4. The number of amides is 1. The van der Waals surface area contributed by atoms with E-state index in [1.807, 2.05) is 6.92 Å². The Balaban J connectivity index is 1.70. The number of aromatic nitrogens is 3. The van der Waals surface area contributed by atoms with Crippen molar-refractivity contribution in [2.75, 3.05) is 11.9 Å². The van der Waals surface area contributed by atoms with Crippen molar-refractivity contribution in [3.63, 3.8) is 0 Å². The number of carboxylic acid groups (broad SMARTS) is 1. The molecule has 0 saturated heterocycles. The molecule has 1 amide bonds. The van der Waals surface area contributed by atoms with Gasteiger partial charge in [0, 0.05) is 12.3 Å². The summed E-state index contributed by atoms with van der Waals surface area (Å²) in [6.45, 7) is 2.50. The molecule has 0 aliphatic heterocycles. The van der Waals surface area contributed by atoms with Crippen LogP contribution in [0.25, 0.3) is 5.69 Å². The fourth-order valence-corrected chi connectivity index (χ4v) is 2.29. The molecule has 1 fully saturated rings. The Morgan fingerprint density at radius 2 is 2.30 bits per heavy atom. The van der Waals surface area contributed by atoms with Crippen LogP contribution >= 0.6 is 0 Å². The number of carboxylic acids is 1. The molecule has 8 nitrogen and oxygen atoms in total. The average molecular weight is 316 g/mol. The largest absolute Gasteiger partial charge is 0.476 e. The van der Waals surface area contributed by atoms with Crippen LogP contribution in [0.2, 0.25) is 0 Å². The van der Waals surface area contributed by atoms with Crippen LogP contribution in [0.1, 0.15) is 23.8 Å². The number of ether oxygens (including phenoxy) is 1. The summed E-state index contributed by atoms with van der Waals surface area (Å²) in [7, 11) is 0. The molecule has 0 radical (unpaired) electrons. The Labute approximate surface area is 132 Å². The highest BCUT2D eigenvalue weighted by atomic mass is 16.5. The molecule has 2 aromatic rings. The van der Waals surface area contributed by atoms with E-state index < -0.39 is 5.97 Å². The Kier molecular flexibility index (Phi) is 4.07. The summed E-state index contributed by atoms with van der Waals surface area (Å²) in [5, 5.41) is 19.0. The third-order valence-corrected chi connectivity index (χ3v) is 3.54. The van der Waals surface area contributed by atoms with E-state index >= 15 is 0 Å². The van der Waals surface area contributed by atoms with Gasteiger partial charge in [-0.15, -0.1) is 5.10 Å². The lowest BCUT2D eigenvalue weighted by molar-refractivity contribution is -0.118. The predicted molar refractivity (Wildman–Crippen MR) is 80.5 cm³/mol. The molecule has 1 aromatic carbocycles. The first-order valence-corrected chi connectivity index (χ1v) is 7.27. The molecule has 1 aromatic heterocycles. The van der Waals surface area contributed by atoms with Gasteiger partial charge >= 0.3 is 5.97 Å². The van der Waals surface area contributed by atoms with E-state index in [4.69, 9.17) is 9.84 Å². The second kappa shape index (κ2) is 6.17. The van der Waals surface area contributed by atoms with Gasteiger partial charge < -0.3 is 15.2 Å². The Hall–Kier alpha value is -2.74. The van der Waals surface area contributed by atoms with Gasteiger partial charge in [0.25, 0.3) is 0 Å². The maximum atomic E-state index is 12.1. The normalized spacial score (nSPS) is 19.3. The van der Waals surface area contributed by atoms with Crippen molar-refractivity contribution < 1.29 is 19.4 Å². The third-order valence-electron chi connectivity index (χ3n) is 3.54. The number of carbonyl (C=O) groups excluding carboxylic acids is 1. The zero-order valence-corrected chi connectivity index (χ0v) is 12.5. The van der Waals surface area contributed by atoms with Gasteiger partial charge in [-0.05, 0) is 31.5 Å². The van der Waals surface area contributed by atoms with Gasteiger partial charge in [-0.1, -0.05) is 11.3 Å². The molecule has 2 N–H and O–H groups in total. The minimum absolute atomic E-state index is 0.0108. The molecule has 2 atom stereocenters.